The second-order valence-electron chi connectivity index (χ2n) is 11.9. The fraction of sp³-hybridized carbons (Fsp3) is 0.533. The summed E-state index contributed by atoms with van der Waals surface area (Å²) in [6, 6.07) is 8.57. The lowest BCUT2D eigenvalue weighted by atomic mass is 9.48. The lowest BCUT2D eigenvalue weighted by Gasteiger charge is -2.57. The first-order chi connectivity index (χ1) is 17.1. The van der Waals surface area contributed by atoms with E-state index in [0.29, 0.717) is 18.2 Å². The average molecular weight is 469 g/mol. The van der Waals surface area contributed by atoms with Crippen molar-refractivity contribution in [2.75, 3.05) is 0 Å². The van der Waals surface area contributed by atoms with E-state index in [4.69, 9.17) is 9.72 Å². The summed E-state index contributed by atoms with van der Waals surface area (Å²) in [6.45, 7) is 5.74. The van der Waals surface area contributed by atoms with Crippen LogP contribution in [-0.2, 0) is 11.5 Å². The van der Waals surface area contributed by atoms with Crippen LogP contribution in [0.5, 0.6) is 0 Å². The number of ether oxygens (including phenoxy) is 1. The van der Waals surface area contributed by atoms with Crippen LogP contribution in [0.15, 0.2) is 67.0 Å². The van der Waals surface area contributed by atoms with E-state index in [1.54, 1.807) is 5.57 Å². The largest absolute Gasteiger partial charge is 0.357 e. The minimum atomic E-state index is 0.234. The molecule has 5 heteroatoms. The molecular formula is C30H36N4O. The maximum absolute atomic E-state index is 6.30. The maximum Gasteiger partial charge on any atom is 0.124 e. The van der Waals surface area contributed by atoms with Gasteiger partial charge >= 0.3 is 0 Å². The summed E-state index contributed by atoms with van der Waals surface area (Å²) in [5.74, 6) is 2.29. The number of allylic oxidation sites excluding steroid dienone is 3. The molecule has 182 valence electrons. The molecule has 4 aliphatic carbocycles. The van der Waals surface area contributed by atoms with Crippen molar-refractivity contribution >= 4 is 16.7 Å². The van der Waals surface area contributed by atoms with Gasteiger partial charge in [-0.15, -0.1) is 0 Å². The Morgan fingerprint density at radius 1 is 1.00 bits per heavy atom. The molecule has 0 saturated heterocycles. The Morgan fingerprint density at radius 3 is 2.77 bits per heavy atom. The monoisotopic (exact) mass is 468 g/mol. The highest BCUT2D eigenvalue weighted by Gasteiger charge is 2.57. The minimum absolute atomic E-state index is 0.234. The number of nitrogens with zero attached hydrogens (tertiary/aromatic N) is 4. The topological polar surface area (TPSA) is 44.9 Å². The second kappa shape index (κ2) is 7.92. The van der Waals surface area contributed by atoms with Crippen LogP contribution in [-0.4, -0.2) is 25.2 Å². The third-order valence-corrected chi connectivity index (χ3v) is 10.3. The van der Waals surface area contributed by atoms with Crippen LogP contribution in [0.3, 0.4) is 0 Å². The van der Waals surface area contributed by atoms with Crippen molar-refractivity contribution in [1.29, 1.82) is 0 Å². The molecule has 3 aromatic rings. The van der Waals surface area contributed by atoms with Gasteiger partial charge in [-0.2, -0.15) is 0 Å². The number of rotatable bonds is 4. The van der Waals surface area contributed by atoms with Crippen molar-refractivity contribution in [2.24, 2.45) is 28.6 Å². The standard InChI is InChI=1S/C30H36N4O/c1-29-13-11-22(35-20-33-16-15-31-18-33)17-21(29)7-8-23-24-9-10-28(30(24,2)14-12-25(23)29)34-19-32-26-5-3-4-6-27(26)34/h3-7,10,15-16,18-19,22-25H,8-9,11-14,17,20H2,1-2H3/t22-,23-,24-,25-,29-,30-/m0/s1. The number of fused-ring (bicyclic) bond motifs is 6. The fourth-order valence-electron chi connectivity index (χ4n) is 8.39. The molecule has 0 unspecified atom stereocenters. The Labute approximate surface area is 207 Å². The van der Waals surface area contributed by atoms with Crippen LogP contribution in [0, 0.1) is 28.6 Å². The summed E-state index contributed by atoms with van der Waals surface area (Å²) in [7, 11) is 0. The molecule has 2 saturated carbocycles. The quantitative estimate of drug-likeness (QED) is 0.401. The van der Waals surface area contributed by atoms with Gasteiger partial charge in [0.05, 0.1) is 23.5 Å². The van der Waals surface area contributed by atoms with Gasteiger partial charge in [0, 0.05) is 23.5 Å². The van der Waals surface area contributed by atoms with E-state index in [1.165, 1.54) is 43.3 Å². The molecule has 4 aliphatic rings. The smallest absolute Gasteiger partial charge is 0.124 e. The van der Waals surface area contributed by atoms with Gasteiger partial charge in [0.1, 0.15) is 13.1 Å². The molecule has 0 bridgehead atoms. The average Bonchev–Trinajstić information content (AvgIpc) is 3.61. The van der Waals surface area contributed by atoms with Gasteiger partial charge in [0.2, 0.25) is 0 Å². The summed E-state index contributed by atoms with van der Waals surface area (Å²) < 4.78 is 10.7. The molecule has 0 aliphatic heterocycles. The Kier molecular flexibility index (Phi) is 4.89. The van der Waals surface area contributed by atoms with Crippen molar-refractivity contribution in [3.8, 4) is 0 Å². The van der Waals surface area contributed by atoms with Crippen molar-refractivity contribution in [2.45, 2.75) is 71.6 Å². The van der Waals surface area contributed by atoms with Gasteiger partial charge in [0.25, 0.3) is 0 Å². The highest BCUT2D eigenvalue weighted by Crippen LogP contribution is 2.65. The molecule has 5 nitrogen and oxygen atoms in total. The van der Waals surface area contributed by atoms with E-state index in [2.05, 4.69) is 66.1 Å². The molecule has 7 rings (SSSR count). The third-order valence-electron chi connectivity index (χ3n) is 10.3. The first-order valence-electron chi connectivity index (χ1n) is 13.5. The van der Waals surface area contributed by atoms with Crippen LogP contribution in [0.1, 0.15) is 58.8 Å². The Balaban J connectivity index is 1.12. The predicted molar refractivity (Wildman–Crippen MR) is 138 cm³/mol. The molecule has 0 amide bonds. The molecule has 0 radical (unpaired) electrons. The maximum atomic E-state index is 6.30. The molecule has 35 heavy (non-hydrogen) atoms. The molecule has 0 N–H and O–H groups in total. The zero-order valence-corrected chi connectivity index (χ0v) is 20.9. The minimum Gasteiger partial charge on any atom is -0.357 e. The summed E-state index contributed by atoms with van der Waals surface area (Å²) in [5, 5.41) is 0. The number of benzene rings is 1. The number of para-hydroxylation sites is 2. The Bertz CT molecular complexity index is 1300. The molecule has 2 heterocycles. The van der Waals surface area contributed by atoms with E-state index in [1.807, 2.05) is 23.3 Å². The van der Waals surface area contributed by atoms with Gasteiger partial charge in [-0.25, -0.2) is 9.97 Å². The Hall–Kier alpha value is -2.66. The van der Waals surface area contributed by atoms with E-state index in [0.717, 1.165) is 36.1 Å². The number of imidazole rings is 2. The zero-order chi connectivity index (χ0) is 23.6. The lowest BCUT2D eigenvalue weighted by Crippen LogP contribution is -2.50. The molecule has 1 aromatic carbocycles. The first kappa shape index (κ1) is 21.6. The SMILES string of the molecule is C[C@]12CC[C@H](OCn3ccnc3)CC1=CC[C@@H]1[C@@H]2CC[C@]2(C)C(n3cnc4ccccc43)=CC[C@@H]12. The van der Waals surface area contributed by atoms with Crippen LogP contribution in [0.25, 0.3) is 16.7 Å². The molecule has 6 atom stereocenters. The molecule has 2 fully saturated rings. The molecular weight excluding hydrogens is 432 g/mol. The van der Waals surface area contributed by atoms with Gasteiger partial charge in [-0.05, 0) is 80.2 Å². The summed E-state index contributed by atoms with van der Waals surface area (Å²) in [5.41, 5.74) is 6.08. The number of hydrogen-bond donors (Lipinski definition) is 0. The van der Waals surface area contributed by atoms with E-state index < -0.39 is 0 Å². The third kappa shape index (κ3) is 3.23. The fourth-order valence-corrected chi connectivity index (χ4v) is 8.39. The van der Waals surface area contributed by atoms with Gasteiger partial charge < -0.3 is 13.9 Å². The summed E-state index contributed by atoms with van der Waals surface area (Å²) in [4.78, 5) is 8.85. The van der Waals surface area contributed by atoms with Crippen molar-refractivity contribution < 1.29 is 4.74 Å². The van der Waals surface area contributed by atoms with Crippen LogP contribution in [0.2, 0.25) is 0 Å². The van der Waals surface area contributed by atoms with E-state index in [-0.39, 0.29) is 5.41 Å². The van der Waals surface area contributed by atoms with Gasteiger partial charge in [-0.1, -0.05) is 43.7 Å². The highest BCUT2D eigenvalue weighted by molar-refractivity contribution is 5.80. The summed E-state index contributed by atoms with van der Waals surface area (Å²) in [6.07, 6.45) is 21.8. The van der Waals surface area contributed by atoms with Crippen molar-refractivity contribution in [3.05, 3.63) is 67.0 Å². The number of hydrogen-bond acceptors (Lipinski definition) is 3. The summed E-state index contributed by atoms with van der Waals surface area (Å²) >= 11 is 0. The highest BCUT2D eigenvalue weighted by atomic mass is 16.5. The van der Waals surface area contributed by atoms with Crippen LogP contribution < -0.4 is 0 Å². The zero-order valence-electron chi connectivity index (χ0n) is 20.9. The first-order valence-corrected chi connectivity index (χ1v) is 13.5. The van der Waals surface area contributed by atoms with E-state index in [9.17, 15) is 0 Å². The number of aromatic nitrogens is 4. The molecule has 0 spiro atoms. The lowest BCUT2D eigenvalue weighted by molar-refractivity contribution is -0.0532. The van der Waals surface area contributed by atoms with Crippen LogP contribution in [0.4, 0.5) is 0 Å². The predicted octanol–water partition coefficient (Wildman–Crippen LogP) is 6.69. The van der Waals surface area contributed by atoms with Gasteiger partial charge in [0.15, 0.2) is 0 Å². The normalized spacial score (nSPS) is 36.3. The van der Waals surface area contributed by atoms with E-state index >= 15 is 0 Å². The van der Waals surface area contributed by atoms with Gasteiger partial charge in [-0.3, -0.25) is 0 Å². The molecule has 2 aromatic heterocycles. The van der Waals surface area contributed by atoms with Crippen molar-refractivity contribution in [1.82, 2.24) is 19.1 Å². The Morgan fingerprint density at radius 2 is 1.89 bits per heavy atom. The second-order valence-corrected chi connectivity index (χ2v) is 11.9. The van der Waals surface area contributed by atoms with Crippen LogP contribution >= 0.6 is 0 Å². The van der Waals surface area contributed by atoms with Crippen molar-refractivity contribution in [3.63, 3.8) is 0 Å².